The number of thiophene rings is 1. The smallest absolute Gasteiger partial charge is 0.743 e. The summed E-state index contributed by atoms with van der Waals surface area (Å²) in [6.45, 7) is 0. The van der Waals surface area contributed by atoms with E-state index in [4.69, 9.17) is 0 Å². The standard InChI is InChI=1S/C4H4O3S2.Ag/c5-9(6,7)4-2-1-3-8-4;/h1-3H,(H,5,6,7);/q;+1/p-1. The minimum absolute atomic E-state index is 0. The van der Waals surface area contributed by atoms with E-state index in [-0.39, 0.29) is 26.6 Å². The fraction of sp³-hybridized carbons (Fsp3) is 0. The Morgan fingerprint density at radius 1 is 1.50 bits per heavy atom. The van der Waals surface area contributed by atoms with Gasteiger partial charge in [0, 0.05) is 0 Å². The van der Waals surface area contributed by atoms with Crippen LogP contribution in [-0.2, 0) is 32.5 Å². The summed E-state index contributed by atoms with van der Waals surface area (Å²) >= 11 is 0.929. The average Bonchev–Trinajstić information content (AvgIpc) is 2.08. The Bertz CT molecular complexity index is 275. The first-order chi connectivity index (χ1) is 4.11. The first-order valence-electron chi connectivity index (χ1n) is 2.10. The fourth-order valence-electron chi connectivity index (χ4n) is 0.406. The number of rotatable bonds is 1. The summed E-state index contributed by atoms with van der Waals surface area (Å²) in [6, 6.07) is 2.81. The zero-order valence-electron chi connectivity index (χ0n) is 4.57. The topological polar surface area (TPSA) is 57.2 Å². The van der Waals surface area contributed by atoms with E-state index in [1.165, 1.54) is 12.1 Å². The Kier molecular flexibility index (Phi) is 3.79. The van der Waals surface area contributed by atoms with Gasteiger partial charge in [-0.3, -0.25) is 0 Å². The molecule has 1 heterocycles. The van der Waals surface area contributed by atoms with Crippen molar-refractivity contribution >= 4 is 21.5 Å². The van der Waals surface area contributed by atoms with Crippen LogP contribution in [0.5, 0.6) is 0 Å². The largest absolute Gasteiger partial charge is 1.00 e. The molecule has 0 saturated heterocycles. The Morgan fingerprint density at radius 3 is 2.30 bits per heavy atom. The van der Waals surface area contributed by atoms with Gasteiger partial charge in [-0.15, -0.1) is 11.3 Å². The van der Waals surface area contributed by atoms with Crippen LogP contribution in [0, 0.1) is 0 Å². The van der Waals surface area contributed by atoms with E-state index >= 15 is 0 Å². The van der Waals surface area contributed by atoms with Crippen LogP contribution in [0.1, 0.15) is 0 Å². The van der Waals surface area contributed by atoms with Crippen molar-refractivity contribution in [3.63, 3.8) is 0 Å². The summed E-state index contributed by atoms with van der Waals surface area (Å²) in [5, 5.41) is 1.55. The molecular formula is C4H3AgO3S2. The molecule has 0 saturated carbocycles. The molecule has 0 spiro atoms. The number of hydrogen-bond acceptors (Lipinski definition) is 4. The predicted octanol–water partition coefficient (Wildman–Crippen LogP) is 0.650. The van der Waals surface area contributed by atoms with Gasteiger partial charge in [0.1, 0.15) is 14.3 Å². The van der Waals surface area contributed by atoms with Crippen molar-refractivity contribution in [3.05, 3.63) is 17.5 Å². The van der Waals surface area contributed by atoms with Crippen molar-refractivity contribution in [2.45, 2.75) is 4.21 Å². The second-order valence-electron chi connectivity index (χ2n) is 1.39. The fourth-order valence-corrected chi connectivity index (χ4v) is 1.74. The third kappa shape index (κ3) is 2.53. The van der Waals surface area contributed by atoms with Crippen LogP contribution in [0.4, 0.5) is 0 Å². The summed E-state index contributed by atoms with van der Waals surface area (Å²) in [6.07, 6.45) is 0. The van der Waals surface area contributed by atoms with Gasteiger partial charge in [-0.25, -0.2) is 8.42 Å². The van der Waals surface area contributed by atoms with Crippen LogP contribution in [0.2, 0.25) is 0 Å². The van der Waals surface area contributed by atoms with Crippen molar-refractivity contribution in [2.75, 3.05) is 0 Å². The molecule has 1 aromatic heterocycles. The summed E-state index contributed by atoms with van der Waals surface area (Å²) < 4.78 is 30.3. The summed E-state index contributed by atoms with van der Waals surface area (Å²) in [5.41, 5.74) is 0. The molecule has 0 atom stereocenters. The second kappa shape index (κ2) is 3.66. The maximum absolute atomic E-state index is 10.1. The van der Waals surface area contributed by atoms with E-state index in [0.29, 0.717) is 0 Å². The molecule has 0 amide bonds. The van der Waals surface area contributed by atoms with Gasteiger partial charge in [-0.05, 0) is 11.4 Å². The predicted molar refractivity (Wildman–Crippen MR) is 32.3 cm³/mol. The van der Waals surface area contributed by atoms with Crippen molar-refractivity contribution in [1.29, 1.82) is 0 Å². The molecule has 0 bridgehead atoms. The summed E-state index contributed by atoms with van der Waals surface area (Å²) in [5.74, 6) is 0. The van der Waals surface area contributed by atoms with E-state index in [9.17, 15) is 13.0 Å². The van der Waals surface area contributed by atoms with Crippen LogP contribution in [0.3, 0.4) is 0 Å². The molecule has 6 heteroatoms. The zero-order chi connectivity index (χ0) is 6.91. The van der Waals surface area contributed by atoms with Crippen LogP contribution in [-0.4, -0.2) is 13.0 Å². The Labute approximate surface area is 78.3 Å². The maximum atomic E-state index is 10.1. The third-order valence-electron chi connectivity index (χ3n) is 0.741. The molecule has 3 nitrogen and oxygen atoms in total. The van der Waals surface area contributed by atoms with Gasteiger partial charge in [0.2, 0.25) is 0 Å². The van der Waals surface area contributed by atoms with E-state index in [1.807, 2.05) is 0 Å². The third-order valence-corrected chi connectivity index (χ3v) is 2.93. The molecule has 0 aliphatic heterocycles. The molecule has 0 N–H and O–H groups in total. The van der Waals surface area contributed by atoms with E-state index in [2.05, 4.69) is 0 Å². The molecule has 1 rings (SSSR count). The van der Waals surface area contributed by atoms with Gasteiger partial charge in [0.15, 0.2) is 0 Å². The van der Waals surface area contributed by atoms with Crippen molar-refractivity contribution in [1.82, 2.24) is 0 Å². The minimum Gasteiger partial charge on any atom is -0.743 e. The van der Waals surface area contributed by atoms with Crippen molar-refractivity contribution in [3.8, 4) is 0 Å². The number of hydrogen-bond donors (Lipinski definition) is 0. The zero-order valence-corrected chi connectivity index (χ0v) is 7.69. The van der Waals surface area contributed by atoms with Gasteiger partial charge in [-0.2, -0.15) is 0 Å². The van der Waals surface area contributed by atoms with Gasteiger partial charge in [0.05, 0.1) is 0 Å². The normalized spacial score (nSPS) is 10.5. The SMILES string of the molecule is O=S(=O)([O-])c1cccs1.[Ag+]. The monoisotopic (exact) mass is 270 g/mol. The molecule has 0 aliphatic rings. The summed E-state index contributed by atoms with van der Waals surface area (Å²) in [4.78, 5) is 0. The maximum Gasteiger partial charge on any atom is 1.00 e. The molecule has 0 fully saturated rings. The molecule has 0 aliphatic carbocycles. The Hall–Kier alpha value is 0.350. The molecule has 0 radical (unpaired) electrons. The van der Waals surface area contributed by atoms with Crippen LogP contribution >= 0.6 is 11.3 Å². The van der Waals surface area contributed by atoms with E-state index in [0.717, 1.165) is 11.3 Å². The molecule has 1 aromatic rings. The van der Waals surface area contributed by atoms with Crippen molar-refractivity contribution in [2.24, 2.45) is 0 Å². The Morgan fingerprint density at radius 2 is 2.10 bits per heavy atom. The molecule has 0 aromatic carbocycles. The molecule has 60 valence electrons. The van der Waals surface area contributed by atoms with Crippen molar-refractivity contribution < 1.29 is 35.4 Å². The van der Waals surface area contributed by atoms with Gasteiger partial charge >= 0.3 is 22.4 Å². The van der Waals surface area contributed by atoms with Crippen LogP contribution in [0.25, 0.3) is 0 Å². The average molecular weight is 271 g/mol. The van der Waals surface area contributed by atoms with Gasteiger partial charge < -0.3 is 4.55 Å². The van der Waals surface area contributed by atoms with Crippen LogP contribution < -0.4 is 0 Å². The van der Waals surface area contributed by atoms with Crippen LogP contribution in [0.15, 0.2) is 21.7 Å². The van der Waals surface area contributed by atoms with Gasteiger partial charge in [-0.1, -0.05) is 6.07 Å². The summed E-state index contributed by atoms with van der Waals surface area (Å²) in [7, 11) is -4.19. The van der Waals surface area contributed by atoms with E-state index < -0.39 is 10.1 Å². The second-order valence-corrected chi connectivity index (χ2v) is 3.94. The quantitative estimate of drug-likeness (QED) is 0.556. The van der Waals surface area contributed by atoms with E-state index in [1.54, 1.807) is 5.38 Å². The first-order valence-corrected chi connectivity index (χ1v) is 4.39. The molecular weight excluding hydrogens is 268 g/mol. The minimum atomic E-state index is -4.19. The Balaban J connectivity index is 0.000000810. The molecule has 0 unspecified atom stereocenters. The first kappa shape index (κ1) is 10.4. The van der Waals surface area contributed by atoms with Gasteiger partial charge in [0.25, 0.3) is 0 Å². The molecule has 10 heavy (non-hydrogen) atoms.